The highest BCUT2D eigenvalue weighted by Gasteiger charge is 2.25. The van der Waals surface area contributed by atoms with Crippen molar-refractivity contribution in [3.63, 3.8) is 0 Å². The molecule has 88 valence electrons. The molecule has 0 saturated heterocycles. The van der Waals surface area contributed by atoms with E-state index in [0.29, 0.717) is 5.75 Å². The van der Waals surface area contributed by atoms with E-state index in [1.807, 2.05) is 0 Å². The quantitative estimate of drug-likeness (QED) is 0.860. The van der Waals surface area contributed by atoms with E-state index in [9.17, 15) is 13.2 Å². The van der Waals surface area contributed by atoms with Gasteiger partial charge in [-0.2, -0.15) is 0 Å². The van der Waals surface area contributed by atoms with Gasteiger partial charge >= 0.3 is 5.30 Å². The van der Waals surface area contributed by atoms with Gasteiger partial charge in [0.25, 0.3) is 9.84 Å². The highest BCUT2D eigenvalue weighted by molar-refractivity contribution is 8.05. The summed E-state index contributed by atoms with van der Waals surface area (Å²) < 4.78 is 32.4. The number of hydrogen-bond acceptors (Lipinski definition) is 5. The molecule has 0 radical (unpaired) electrons. The van der Waals surface area contributed by atoms with Crippen LogP contribution in [-0.2, 0) is 9.84 Å². The van der Waals surface area contributed by atoms with E-state index in [-0.39, 0.29) is 10.6 Å². The SMILES string of the molecule is COc1ccc(S(=O)(=O)C(=O)O)cc1OC. The molecule has 0 saturated carbocycles. The summed E-state index contributed by atoms with van der Waals surface area (Å²) in [6.07, 6.45) is 0. The molecule has 0 heterocycles. The van der Waals surface area contributed by atoms with Crippen LogP contribution in [0, 0.1) is 0 Å². The van der Waals surface area contributed by atoms with Crippen LogP contribution in [0.15, 0.2) is 23.1 Å². The molecule has 1 aromatic carbocycles. The molecule has 7 heteroatoms. The Bertz CT molecular complexity index is 505. The number of carboxylic acid groups (broad SMARTS) is 1. The molecule has 0 aromatic heterocycles. The average molecular weight is 246 g/mol. The fourth-order valence-corrected chi connectivity index (χ4v) is 1.80. The maximum absolute atomic E-state index is 11.3. The van der Waals surface area contributed by atoms with E-state index in [4.69, 9.17) is 14.6 Å². The number of benzene rings is 1. The Balaban J connectivity index is 3.34. The summed E-state index contributed by atoms with van der Waals surface area (Å²) in [6, 6.07) is 3.57. The molecule has 0 aliphatic rings. The van der Waals surface area contributed by atoms with Crippen LogP contribution < -0.4 is 9.47 Å². The Morgan fingerprint density at radius 2 is 1.75 bits per heavy atom. The molecular weight excluding hydrogens is 236 g/mol. The van der Waals surface area contributed by atoms with Crippen molar-refractivity contribution in [1.82, 2.24) is 0 Å². The number of carbonyl (C=O) groups is 1. The summed E-state index contributed by atoms with van der Waals surface area (Å²) in [4.78, 5) is 10.2. The number of ether oxygens (including phenoxy) is 2. The second-order valence-electron chi connectivity index (χ2n) is 2.79. The van der Waals surface area contributed by atoms with Gasteiger partial charge in [0.15, 0.2) is 11.5 Å². The zero-order chi connectivity index (χ0) is 12.3. The lowest BCUT2D eigenvalue weighted by atomic mass is 10.3. The summed E-state index contributed by atoms with van der Waals surface area (Å²) in [5.41, 5.74) is 0. The lowest BCUT2D eigenvalue weighted by Crippen LogP contribution is -2.12. The van der Waals surface area contributed by atoms with Gasteiger partial charge < -0.3 is 14.6 Å². The second kappa shape index (κ2) is 4.40. The van der Waals surface area contributed by atoms with Crippen molar-refractivity contribution < 1.29 is 27.8 Å². The van der Waals surface area contributed by atoms with Gasteiger partial charge in [0.05, 0.1) is 19.1 Å². The van der Waals surface area contributed by atoms with Gasteiger partial charge in [0.2, 0.25) is 0 Å². The van der Waals surface area contributed by atoms with E-state index >= 15 is 0 Å². The Kier molecular flexibility index (Phi) is 3.38. The van der Waals surface area contributed by atoms with Gasteiger partial charge in [0.1, 0.15) is 0 Å². The zero-order valence-electron chi connectivity index (χ0n) is 8.63. The molecule has 0 atom stereocenters. The number of hydrogen-bond donors (Lipinski definition) is 1. The van der Waals surface area contributed by atoms with Gasteiger partial charge in [-0.05, 0) is 12.1 Å². The predicted molar refractivity (Wildman–Crippen MR) is 54.8 cm³/mol. The van der Waals surface area contributed by atoms with Crippen molar-refractivity contribution in [2.24, 2.45) is 0 Å². The highest BCUT2D eigenvalue weighted by atomic mass is 32.2. The van der Waals surface area contributed by atoms with Crippen LogP contribution >= 0.6 is 0 Å². The predicted octanol–water partition coefficient (Wildman–Crippen LogP) is 1.16. The molecule has 16 heavy (non-hydrogen) atoms. The van der Waals surface area contributed by atoms with Crippen molar-refractivity contribution in [2.75, 3.05) is 14.2 Å². The number of methoxy groups -OCH3 is 2. The van der Waals surface area contributed by atoms with Crippen molar-refractivity contribution in [1.29, 1.82) is 0 Å². The molecule has 1 rings (SSSR count). The minimum Gasteiger partial charge on any atom is -0.493 e. The topological polar surface area (TPSA) is 89.9 Å². The van der Waals surface area contributed by atoms with Gasteiger partial charge in [-0.25, -0.2) is 13.2 Å². The first-order valence-electron chi connectivity index (χ1n) is 4.13. The van der Waals surface area contributed by atoms with Crippen LogP contribution in [0.3, 0.4) is 0 Å². The molecule has 0 amide bonds. The maximum Gasteiger partial charge on any atom is 0.427 e. The average Bonchev–Trinajstić information content (AvgIpc) is 2.27. The lowest BCUT2D eigenvalue weighted by Gasteiger charge is -2.08. The van der Waals surface area contributed by atoms with Crippen molar-refractivity contribution in [2.45, 2.75) is 4.90 Å². The summed E-state index contributed by atoms with van der Waals surface area (Å²) in [6.45, 7) is 0. The third-order valence-electron chi connectivity index (χ3n) is 1.90. The van der Waals surface area contributed by atoms with E-state index in [1.54, 1.807) is 0 Å². The fourth-order valence-electron chi connectivity index (χ4n) is 1.08. The Labute approximate surface area is 92.3 Å². The monoisotopic (exact) mass is 246 g/mol. The first-order valence-corrected chi connectivity index (χ1v) is 5.62. The van der Waals surface area contributed by atoms with Crippen LogP contribution in [0.1, 0.15) is 0 Å². The summed E-state index contributed by atoms with van der Waals surface area (Å²) in [5.74, 6) is 0.483. The fraction of sp³-hybridized carbons (Fsp3) is 0.222. The molecule has 0 bridgehead atoms. The van der Waals surface area contributed by atoms with Crippen molar-refractivity contribution in [3.8, 4) is 11.5 Å². The highest BCUT2D eigenvalue weighted by Crippen LogP contribution is 2.29. The molecule has 0 aliphatic heterocycles. The van der Waals surface area contributed by atoms with Gasteiger partial charge in [-0.3, -0.25) is 0 Å². The Morgan fingerprint density at radius 3 is 2.19 bits per heavy atom. The molecule has 1 N–H and O–H groups in total. The minimum absolute atomic E-state index is 0.157. The molecule has 1 aromatic rings. The van der Waals surface area contributed by atoms with E-state index in [0.717, 1.165) is 12.1 Å². The third-order valence-corrected chi connectivity index (χ3v) is 3.23. The van der Waals surface area contributed by atoms with Crippen LogP contribution in [0.2, 0.25) is 0 Å². The zero-order valence-corrected chi connectivity index (χ0v) is 9.45. The standard InChI is InChI=1S/C9H10O6S/c1-14-7-4-3-6(5-8(7)15-2)16(12,13)9(10)11/h3-5H,1-2H3,(H,10,11). The van der Waals surface area contributed by atoms with Crippen LogP contribution in [0.5, 0.6) is 11.5 Å². The molecule has 0 unspecified atom stereocenters. The maximum atomic E-state index is 11.3. The molecule has 0 aliphatic carbocycles. The van der Waals surface area contributed by atoms with Gasteiger partial charge in [-0.1, -0.05) is 0 Å². The van der Waals surface area contributed by atoms with Crippen LogP contribution in [0.25, 0.3) is 0 Å². The van der Waals surface area contributed by atoms with Crippen molar-refractivity contribution >= 4 is 15.1 Å². The lowest BCUT2D eigenvalue weighted by molar-refractivity contribution is 0.219. The van der Waals surface area contributed by atoms with E-state index in [1.165, 1.54) is 20.3 Å². The first-order chi connectivity index (χ1) is 7.43. The van der Waals surface area contributed by atoms with Crippen molar-refractivity contribution in [3.05, 3.63) is 18.2 Å². The molecule has 6 nitrogen and oxygen atoms in total. The van der Waals surface area contributed by atoms with Crippen LogP contribution in [-0.4, -0.2) is 33.0 Å². The van der Waals surface area contributed by atoms with Crippen LogP contribution in [0.4, 0.5) is 4.79 Å². The molecule has 0 fully saturated rings. The Morgan fingerprint density at radius 1 is 1.19 bits per heavy atom. The summed E-state index contributed by atoms with van der Waals surface area (Å²) in [5, 5.41) is 6.62. The van der Waals surface area contributed by atoms with E-state index < -0.39 is 15.1 Å². The Hall–Kier alpha value is -1.76. The third kappa shape index (κ3) is 2.08. The smallest absolute Gasteiger partial charge is 0.427 e. The molecular formula is C9H10O6S. The van der Waals surface area contributed by atoms with Gasteiger partial charge in [0, 0.05) is 6.07 Å². The normalized spacial score (nSPS) is 10.9. The molecule has 0 spiro atoms. The second-order valence-corrected chi connectivity index (χ2v) is 4.61. The number of rotatable bonds is 3. The summed E-state index contributed by atoms with van der Waals surface area (Å²) >= 11 is 0. The van der Waals surface area contributed by atoms with E-state index in [2.05, 4.69) is 0 Å². The number of sulfone groups is 1. The largest absolute Gasteiger partial charge is 0.493 e. The minimum atomic E-state index is -4.35. The van der Waals surface area contributed by atoms with Gasteiger partial charge in [-0.15, -0.1) is 0 Å². The summed E-state index contributed by atoms with van der Waals surface area (Å²) in [7, 11) is -1.63. The first kappa shape index (κ1) is 12.3.